The molecule has 4 aromatic rings. The number of fused-ring (bicyclic) bond motifs is 1. The maximum absolute atomic E-state index is 5.56. The van der Waals surface area contributed by atoms with E-state index < -0.39 is 0 Å². The van der Waals surface area contributed by atoms with E-state index in [1.165, 1.54) is 11.1 Å². The Morgan fingerprint density at radius 2 is 2.14 bits per heavy atom. The fourth-order valence-corrected chi connectivity index (χ4v) is 4.01. The van der Waals surface area contributed by atoms with Crippen LogP contribution in [-0.2, 0) is 26.6 Å². The van der Waals surface area contributed by atoms with Crippen LogP contribution >= 0.6 is 0 Å². The van der Waals surface area contributed by atoms with E-state index >= 15 is 0 Å². The van der Waals surface area contributed by atoms with Gasteiger partial charge in [0.15, 0.2) is 0 Å². The number of hydrogen-bond acceptors (Lipinski definition) is 6. The quantitative estimate of drug-likeness (QED) is 0.577. The molecule has 29 heavy (non-hydrogen) atoms. The summed E-state index contributed by atoms with van der Waals surface area (Å²) >= 11 is 0. The molecule has 0 amide bonds. The van der Waals surface area contributed by atoms with E-state index in [2.05, 4.69) is 36.9 Å². The van der Waals surface area contributed by atoms with Crippen molar-refractivity contribution in [3.63, 3.8) is 0 Å². The van der Waals surface area contributed by atoms with Crippen molar-refractivity contribution in [1.29, 1.82) is 0 Å². The monoisotopic (exact) mass is 389 g/mol. The third-order valence-corrected chi connectivity index (χ3v) is 5.66. The molecule has 0 spiro atoms. The van der Waals surface area contributed by atoms with Crippen LogP contribution in [0, 0.1) is 13.8 Å². The first-order valence-corrected chi connectivity index (χ1v) is 9.74. The maximum atomic E-state index is 5.56. The van der Waals surface area contributed by atoms with Gasteiger partial charge in [0.05, 0.1) is 12.0 Å². The zero-order valence-corrected chi connectivity index (χ0v) is 16.8. The highest BCUT2D eigenvalue weighted by atomic mass is 16.5. The molecule has 0 fully saturated rings. The first-order chi connectivity index (χ1) is 14.1. The highest BCUT2D eigenvalue weighted by Gasteiger charge is 2.25. The van der Waals surface area contributed by atoms with E-state index in [9.17, 15) is 0 Å². The molecule has 1 N–H and O–H groups in total. The smallest absolute Gasteiger partial charge is 0.274 e. The van der Waals surface area contributed by atoms with Crippen molar-refractivity contribution in [2.24, 2.45) is 7.05 Å². The fourth-order valence-electron chi connectivity index (χ4n) is 4.01. The van der Waals surface area contributed by atoms with E-state index in [0.717, 1.165) is 54.4 Å². The molecule has 8 nitrogen and oxygen atoms in total. The number of rotatable bonds is 4. The van der Waals surface area contributed by atoms with Gasteiger partial charge >= 0.3 is 0 Å². The SMILES string of the molecule is Cc1ncc2c(c1-c1noc(-c3cccn3C)n1)CCN(Cc1nc[nH]c1C)C2. The molecule has 5 heterocycles. The molecule has 0 bridgehead atoms. The summed E-state index contributed by atoms with van der Waals surface area (Å²) in [5.74, 6) is 1.13. The normalized spacial score (nSPS) is 14.3. The summed E-state index contributed by atoms with van der Waals surface area (Å²) in [6.07, 6.45) is 6.62. The second-order valence-electron chi connectivity index (χ2n) is 7.58. The molecule has 0 saturated carbocycles. The van der Waals surface area contributed by atoms with Crippen molar-refractivity contribution < 1.29 is 4.52 Å². The van der Waals surface area contributed by atoms with E-state index in [1.807, 2.05) is 43.1 Å². The molecule has 0 unspecified atom stereocenters. The van der Waals surface area contributed by atoms with Crippen molar-refractivity contribution in [2.75, 3.05) is 6.54 Å². The Kier molecular flexibility index (Phi) is 4.28. The Morgan fingerprint density at radius 1 is 1.24 bits per heavy atom. The Labute approximate surface area is 168 Å². The zero-order chi connectivity index (χ0) is 20.0. The average Bonchev–Trinajstić information content (AvgIpc) is 3.44. The highest BCUT2D eigenvalue weighted by molar-refractivity contribution is 5.66. The predicted octanol–water partition coefficient (Wildman–Crippen LogP) is 3.04. The van der Waals surface area contributed by atoms with Gasteiger partial charge in [-0.1, -0.05) is 5.16 Å². The zero-order valence-electron chi connectivity index (χ0n) is 16.8. The number of pyridine rings is 1. The Hall–Kier alpha value is -3.26. The second kappa shape index (κ2) is 6.97. The Morgan fingerprint density at radius 3 is 2.90 bits per heavy atom. The third-order valence-electron chi connectivity index (χ3n) is 5.66. The molecule has 0 aromatic carbocycles. The standard InChI is InChI=1S/C21H23N7O/c1-13-17(24-12-23-13)11-28-8-6-16-15(10-28)9-22-14(2)19(16)20-25-21(29-26-20)18-5-4-7-27(18)3/h4-5,7,9,12H,6,8,10-11H2,1-3H3,(H,23,24). The minimum absolute atomic E-state index is 0.524. The van der Waals surface area contributed by atoms with Crippen molar-refractivity contribution in [3.8, 4) is 23.0 Å². The molecule has 8 heteroatoms. The summed E-state index contributed by atoms with van der Waals surface area (Å²) in [6, 6.07) is 3.93. The van der Waals surface area contributed by atoms with Crippen LogP contribution in [0.2, 0.25) is 0 Å². The summed E-state index contributed by atoms with van der Waals surface area (Å²) < 4.78 is 7.53. The predicted molar refractivity (Wildman–Crippen MR) is 108 cm³/mol. The van der Waals surface area contributed by atoms with Gasteiger partial charge in [0, 0.05) is 56.0 Å². The number of nitrogens with zero attached hydrogens (tertiary/aromatic N) is 6. The number of aryl methyl sites for hydroxylation is 3. The van der Waals surface area contributed by atoms with E-state index in [-0.39, 0.29) is 0 Å². The maximum Gasteiger partial charge on any atom is 0.274 e. The van der Waals surface area contributed by atoms with Gasteiger partial charge in [-0.25, -0.2) is 4.98 Å². The van der Waals surface area contributed by atoms with Gasteiger partial charge in [0.1, 0.15) is 5.69 Å². The lowest BCUT2D eigenvalue weighted by atomic mass is 9.94. The second-order valence-corrected chi connectivity index (χ2v) is 7.58. The van der Waals surface area contributed by atoms with Crippen LogP contribution < -0.4 is 0 Å². The van der Waals surface area contributed by atoms with E-state index in [0.29, 0.717) is 11.7 Å². The molecule has 4 aromatic heterocycles. The Balaban J connectivity index is 1.46. The number of H-pyrrole nitrogens is 1. The van der Waals surface area contributed by atoms with Crippen LogP contribution in [0.1, 0.15) is 28.2 Å². The highest BCUT2D eigenvalue weighted by Crippen LogP contribution is 2.32. The van der Waals surface area contributed by atoms with Gasteiger partial charge in [0.25, 0.3) is 5.89 Å². The van der Waals surface area contributed by atoms with E-state index in [4.69, 9.17) is 4.52 Å². The number of nitrogens with one attached hydrogen (secondary N) is 1. The minimum Gasteiger partial charge on any atom is -0.348 e. The molecule has 148 valence electrons. The number of aromatic nitrogens is 6. The number of aromatic amines is 1. The summed E-state index contributed by atoms with van der Waals surface area (Å²) in [4.78, 5) is 19.3. The van der Waals surface area contributed by atoms with Crippen LogP contribution in [0.3, 0.4) is 0 Å². The largest absolute Gasteiger partial charge is 0.348 e. The van der Waals surface area contributed by atoms with Gasteiger partial charge in [0.2, 0.25) is 5.82 Å². The summed E-state index contributed by atoms with van der Waals surface area (Å²) in [5, 5.41) is 4.28. The molecular weight excluding hydrogens is 366 g/mol. The molecule has 0 aliphatic carbocycles. The summed E-state index contributed by atoms with van der Waals surface area (Å²) in [5.41, 5.74) is 7.54. The summed E-state index contributed by atoms with van der Waals surface area (Å²) in [7, 11) is 1.96. The first-order valence-electron chi connectivity index (χ1n) is 9.74. The van der Waals surface area contributed by atoms with Crippen molar-refractivity contribution >= 4 is 0 Å². The lowest BCUT2D eigenvalue weighted by molar-refractivity contribution is 0.242. The number of hydrogen-bond donors (Lipinski definition) is 1. The van der Waals surface area contributed by atoms with Crippen LogP contribution in [0.15, 0.2) is 35.4 Å². The first kappa shape index (κ1) is 17.8. The van der Waals surface area contributed by atoms with Crippen LogP contribution in [0.4, 0.5) is 0 Å². The summed E-state index contributed by atoms with van der Waals surface area (Å²) in [6.45, 7) is 6.69. The van der Waals surface area contributed by atoms with Crippen molar-refractivity contribution in [2.45, 2.75) is 33.4 Å². The lowest BCUT2D eigenvalue weighted by Crippen LogP contribution is -2.31. The third kappa shape index (κ3) is 3.15. The molecule has 0 atom stereocenters. The van der Waals surface area contributed by atoms with Crippen LogP contribution in [0.25, 0.3) is 23.0 Å². The van der Waals surface area contributed by atoms with Gasteiger partial charge in [-0.3, -0.25) is 9.88 Å². The van der Waals surface area contributed by atoms with E-state index in [1.54, 1.807) is 6.33 Å². The topological polar surface area (TPSA) is 88.7 Å². The lowest BCUT2D eigenvalue weighted by Gasteiger charge is -2.29. The molecule has 0 saturated heterocycles. The van der Waals surface area contributed by atoms with Crippen LogP contribution in [-0.4, -0.2) is 41.1 Å². The van der Waals surface area contributed by atoms with Crippen molar-refractivity contribution in [3.05, 3.63) is 59.1 Å². The molecule has 0 radical (unpaired) electrons. The Bertz CT molecular complexity index is 1170. The van der Waals surface area contributed by atoms with Gasteiger partial charge in [-0.2, -0.15) is 4.98 Å². The van der Waals surface area contributed by atoms with Gasteiger partial charge < -0.3 is 14.1 Å². The molecule has 1 aliphatic heterocycles. The molecule has 5 rings (SSSR count). The van der Waals surface area contributed by atoms with Crippen LogP contribution in [0.5, 0.6) is 0 Å². The fraction of sp³-hybridized carbons (Fsp3) is 0.333. The average molecular weight is 389 g/mol. The molecule has 1 aliphatic rings. The van der Waals surface area contributed by atoms with Gasteiger partial charge in [-0.15, -0.1) is 0 Å². The van der Waals surface area contributed by atoms with Crippen molar-refractivity contribution in [1.82, 2.24) is 34.6 Å². The molecular formula is C21H23N7O. The number of imidazole rings is 1. The minimum atomic E-state index is 0.524. The van der Waals surface area contributed by atoms with Gasteiger partial charge in [-0.05, 0) is 43.5 Å².